The maximum atomic E-state index is 5.71. The van der Waals surface area contributed by atoms with Gasteiger partial charge >= 0.3 is 0 Å². The number of nitrogens with one attached hydrogen (secondary N) is 1. The Bertz CT molecular complexity index is 323. The Morgan fingerprint density at radius 2 is 1.88 bits per heavy atom. The fraction of sp³-hybridized carbons (Fsp3) is 0.714. The van der Waals surface area contributed by atoms with Gasteiger partial charge in [-0.1, -0.05) is 26.2 Å². The highest BCUT2D eigenvalue weighted by molar-refractivity contribution is 5.07. The minimum absolute atomic E-state index is 0.331. The summed E-state index contributed by atoms with van der Waals surface area (Å²) in [6, 6.07) is 4.18. The SMILES string of the molecule is CCc1ccc(CNC2(C)CCCCC2)o1. The lowest BCUT2D eigenvalue weighted by molar-refractivity contribution is 0.244. The first-order valence-electron chi connectivity index (χ1n) is 6.54. The second-order valence-corrected chi connectivity index (χ2v) is 5.20. The normalized spacial score (nSPS) is 19.9. The number of hydrogen-bond donors (Lipinski definition) is 1. The lowest BCUT2D eigenvalue weighted by Crippen LogP contribution is -2.43. The molecule has 0 unspecified atom stereocenters. The van der Waals surface area contributed by atoms with Crippen molar-refractivity contribution in [3.63, 3.8) is 0 Å². The van der Waals surface area contributed by atoms with E-state index < -0.39 is 0 Å². The summed E-state index contributed by atoms with van der Waals surface area (Å²) in [5.41, 5.74) is 0.331. The fourth-order valence-electron chi connectivity index (χ4n) is 2.52. The van der Waals surface area contributed by atoms with Crippen molar-refractivity contribution in [2.24, 2.45) is 0 Å². The molecule has 0 spiro atoms. The summed E-state index contributed by atoms with van der Waals surface area (Å²) in [6.07, 6.45) is 7.71. The molecule has 1 aliphatic rings. The predicted octanol–water partition coefficient (Wildman–Crippen LogP) is 3.65. The van der Waals surface area contributed by atoms with Crippen LogP contribution in [0, 0.1) is 0 Å². The molecule has 0 radical (unpaired) electrons. The molecule has 0 saturated heterocycles. The summed E-state index contributed by atoms with van der Waals surface area (Å²) < 4.78 is 5.71. The third-order valence-corrected chi connectivity index (χ3v) is 3.71. The van der Waals surface area contributed by atoms with E-state index in [9.17, 15) is 0 Å². The van der Waals surface area contributed by atoms with Gasteiger partial charge in [-0.2, -0.15) is 0 Å². The van der Waals surface area contributed by atoms with Crippen molar-refractivity contribution < 1.29 is 4.42 Å². The molecule has 0 bridgehead atoms. The Balaban J connectivity index is 1.86. The van der Waals surface area contributed by atoms with E-state index in [1.165, 1.54) is 32.1 Å². The summed E-state index contributed by atoms with van der Waals surface area (Å²) in [7, 11) is 0. The van der Waals surface area contributed by atoms with Gasteiger partial charge in [0.1, 0.15) is 11.5 Å². The molecule has 0 aromatic carbocycles. The van der Waals surface area contributed by atoms with Crippen molar-refractivity contribution in [1.29, 1.82) is 0 Å². The zero-order chi connectivity index (χ0) is 11.4. The topological polar surface area (TPSA) is 25.2 Å². The van der Waals surface area contributed by atoms with Crippen LogP contribution in [0.3, 0.4) is 0 Å². The minimum Gasteiger partial charge on any atom is -0.465 e. The third kappa shape index (κ3) is 2.88. The Kier molecular flexibility index (Phi) is 3.70. The summed E-state index contributed by atoms with van der Waals surface area (Å²) >= 11 is 0. The Morgan fingerprint density at radius 1 is 1.19 bits per heavy atom. The molecule has 1 saturated carbocycles. The van der Waals surface area contributed by atoms with Gasteiger partial charge in [0.25, 0.3) is 0 Å². The van der Waals surface area contributed by atoms with E-state index in [0.717, 1.165) is 24.5 Å². The zero-order valence-electron chi connectivity index (χ0n) is 10.5. The molecule has 1 fully saturated rings. The molecule has 1 aromatic heterocycles. The van der Waals surface area contributed by atoms with Gasteiger partial charge in [0.2, 0.25) is 0 Å². The molecule has 2 heteroatoms. The van der Waals surface area contributed by atoms with E-state index in [-0.39, 0.29) is 0 Å². The average Bonchev–Trinajstić information content (AvgIpc) is 2.75. The number of hydrogen-bond acceptors (Lipinski definition) is 2. The summed E-state index contributed by atoms with van der Waals surface area (Å²) in [5, 5.41) is 3.66. The van der Waals surface area contributed by atoms with Crippen molar-refractivity contribution in [2.45, 2.75) is 64.5 Å². The first-order chi connectivity index (χ1) is 7.72. The van der Waals surface area contributed by atoms with Gasteiger partial charge in [0.15, 0.2) is 0 Å². The van der Waals surface area contributed by atoms with Gasteiger partial charge in [-0.25, -0.2) is 0 Å². The van der Waals surface area contributed by atoms with E-state index in [1.807, 2.05) is 0 Å². The molecule has 1 aromatic rings. The maximum Gasteiger partial charge on any atom is 0.117 e. The highest BCUT2D eigenvalue weighted by Gasteiger charge is 2.25. The average molecular weight is 221 g/mol. The van der Waals surface area contributed by atoms with Gasteiger partial charge in [0.05, 0.1) is 6.54 Å². The predicted molar refractivity (Wildman–Crippen MR) is 66.4 cm³/mol. The van der Waals surface area contributed by atoms with Crippen LogP contribution in [0.15, 0.2) is 16.5 Å². The van der Waals surface area contributed by atoms with Crippen molar-refractivity contribution in [3.8, 4) is 0 Å². The van der Waals surface area contributed by atoms with E-state index in [4.69, 9.17) is 4.42 Å². The lowest BCUT2D eigenvalue weighted by atomic mass is 9.83. The minimum atomic E-state index is 0.331. The molecular formula is C14H23NO. The third-order valence-electron chi connectivity index (χ3n) is 3.71. The van der Waals surface area contributed by atoms with Crippen molar-refractivity contribution in [3.05, 3.63) is 23.7 Å². The quantitative estimate of drug-likeness (QED) is 0.839. The standard InChI is InChI=1S/C14H23NO/c1-3-12-7-8-13(16-12)11-15-14(2)9-5-4-6-10-14/h7-8,15H,3-6,9-11H2,1-2H3. The van der Waals surface area contributed by atoms with E-state index >= 15 is 0 Å². The van der Waals surface area contributed by atoms with Crippen LogP contribution in [0.2, 0.25) is 0 Å². The van der Waals surface area contributed by atoms with Crippen LogP contribution >= 0.6 is 0 Å². The fourth-order valence-corrected chi connectivity index (χ4v) is 2.52. The highest BCUT2D eigenvalue weighted by Crippen LogP contribution is 2.27. The molecular weight excluding hydrogens is 198 g/mol. The van der Waals surface area contributed by atoms with Gasteiger partial charge in [-0.15, -0.1) is 0 Å². The van der Waals surface area contributed by atoms with Gasteiger partial charge in [0, 0.05) is 12.0 Å². The molecule has 0 amide bonds. The molecule has 1 N–H and O–H groups in total. The van der Waals surface area contributed by atoms with Gasteiger partial charge < -0.3 is 9.73 Å². The van der Waals surface area contributed by atoms with Crippen LogP contribution in [0.25, 0.3) is 0 Å². The van der Waals surface area contributed by atoms with E-state index in [0.29, 0.717) is 5.54 Å². The van der Waals surface area contributed by atoms with Crippen molar-refractivity contribution in [1.82, 2.24) is 5.32 Å². The molecule has 16 heavy (non-hydrogen) atoms. The highest BCUT2D eigenvalue weighted by atomic mass is 16.3. The Morgan fingerprint density at radius 3 is 2.50 bits per heavy atom. The monoisotopic (exact) mass is 221 g/mol. The second kappa shape index (κ2) is 5.05. The van der Waals surface area contributed by atoms with Crippen LogP contribution < -0.4 is 5.32 Å². The largest absolute Gasteiger partial charge is 0.465 e. The molecule has 90 valence electrons. The van der Waals surface area contributed by atoms with Crippen LogP contribution in [0.4, 0.5) is 0 Å². The molecule has 1 heterocycles. The van der Waals surface area contributed by atoms with Crippen molar-refractivity contribution >= 4 is 0 Å². The summed E-state index contributed by atoms with van der Waals surface area (Å²) in [5.74, 6) is 2.16. The summed E-state index contributed by atoms with van der Waals surface area (Å²) in [4.78, 5) is 0. The van der Waals surface area contributed by atoms with Crippen molar-refractivity contribution in [2.75, 3.05) is 0 Å². The van der Waals surface area contributed by atoms with E-state index in [1.54, 1.807) is 0 Å². The summed E-state index contributed by atoms with van der Waals surface area (Å²) in [6.45, 7) is 5.34. The molecule has 0 atom stereocenters. The van der Waals surface area contributed by atoms with Gasteiger partial charge in [-0.3, -0.25) is 0 Å². The Labute approximate surface area is 98.4 Å². The molecule has 1 aliphatic carbocycles. The molecule has 2 nitrogen and oxygen atoms in total. The first kappa shape index (κ1) is 11.7. The zero-order valence-corrected chi connectivity index (χ0v) is 10.5. The second-order valence-electron chi connectivity index (χ2n) is 5.20. The van der Waals surface area contributed by atoms with Crippen LogP contribution in [0.5, 0.6) is 0 Å². The molecule has 0 aliphatic heterocycles. The first-order valence-corrected chi connectivity index (χ1v) is 6.54. The molecule has 2 rings (SSSR count). The number of furan rings is 1. The maximum absolute atomic E-state index is 5.71. The lowest BCUT2D eigenvalue weighted by Gasteiger charge is -2.34. The van der Waals surface area contributed by atoms with Crippen LogP contribution in [-0.2, 0) is 13.0 Å². The Hall–Kier alpha value is -0.760. The van der Waals surface area contributed by atoms with Crippen LogP contribution in [0.1, 0.15) is 57.5 Å². The smallest absolute Gasteiger partial charge is 0.117 e. The van der Waals surface area contributed by atoms with Crippen LogP contribution in [-0.4, -0.2) is 5.54 Å². The van der Waals surface area contributed by atoms with E-state index in [2.05, 4.69) is 31.3 Å². The van der Waals surface area contributed by atoms with Gasteiger partial charge in [-0.05, 0) is 31.9 Å². The number of aryl methyl sites for hydroxylation is 1. The number of rotatable bonds is 4.